The van der Waals surface area contributed by atoms with Gasteiger partial charge in [-0.1, -0.05) is 20.8 Å². The van der Waals surface area contributed by atoms with Crippen molar-refractivity contribution < 1.29 is 14.7 Å². The maximum atomic E-state index is 12.4. The standard InChI is InChI=1S/C14H26N2O3/c1-5-8-15(6-2)13(19)16-9-7-14(10-16,11(3)4)12(17)18/h11H,5-10H2,1-4H3,(H,17,18). The minimum absolute atomic E-state index is 0.0203. The molecule has 5 heteroatoms. The molecule has 0 radical (unpaired) electrons. The van der Waals surface area contributed by atoms with Gasteiger partial charge in [0.05, 0.1) is 5.41 Å². The van der Waals surface area contributed by atoms with E-state index in [1.54, 1.807) is 9.80 Å². The summed E-state index contributed by atoms with van der Waals surface area (Å²) in [6, 6.07) is -0.0203. The number of carbonyl (C=O) groups is 2. The third kappa shape index (κ3) is 3.01. The number of hydrogen-bond donors (Lipinski definition) is 1. The molecule has 0 spiro atoms. The molecule has 19 heavy (non-hydrogen) atoms. The van der Waals surface area contributed by atoms with E-state index < -0.39 is 11.4 Å². The van der Waals surface area contributed by atoms with Crippen LogP contribution in [-0.4, -0.2) is 53.1 Å². The van der Waals surface area contributed by atoms with Gasteiger partial charge in [-0.3, -0.25) is 4.79 Å². The van der Waals surface area contributed by atoms with Crippen LogP contribution < -0.4 is 0 Å². The van der Waals surface area contributed by atoms with Crippen molar-refractivity contribution in [3.63, 3.8) is 0 Å². The first-order valence-electron chi connectivity index (χ1n) is 7.16. The lowest BCUT2D eigenvalue weighted by molar-refractivity contribution is -0.150. The summed E-state index contributed by atoms with van der Waals surface area (Å²) in [6.07, 6.45) is 1.47. The van der Waals surface area contributed by atoms with Gasteiger partial charge in [0.2, 0.25) is 0 Å². The maximum Gasteiger partial charge on any atom is 0.320 e. The van der Waals surface area contributed by atoms with Gasteiger partial charge in [-0.05, 0) is 25.7 Å². The number of carboxylic acid groups (broad SMARTS) is 1. The Labute approximate surface area is 115 Å². The van der Waals surface area contributed by atoms with Crippen molar-refractivity contribution in [1.29, 1.82) is 0 Å². The van der Waals surface area contributed by atoms with Gasteiger partial charge < -0.3 is 14.9 Å². The number of rotatable bonds is 5. The molecular weight excluding hydrogens is 244 g/mol. The highest BCUT2D eigenvalue weighted by Gasteiger charge is 2.48. The van der Waals surface area contributed by atoms with Gasteiger partial charge >= 0.3 is 12.0 Å². The van der Waals surface area contributed by atoms with Crippen LogP contribution in [0.2, 0.25) is 0 Å². The molecule has 5 nitrogen and oxygen atoms in total. The zero-order chi connectivity index (χ0) is 14.6. The quantitative estimate of drug-likeness (QED) is 0.833. The van der Waals surface area contributed by atoms with E-state index >= 15 is 0 Å². The normalized spacial score (nSPS) is 22.9. The van der Waals surface area contributed by atoms with Gasteiger partial charge in [0.15, 0.2) is 0 Å². The Hall–Kier alpha value is -1.26. The maximum absolute atomic E-state index is 12.4. The van der Waals surface area contributed by atoms with E-state index in [1.807, 2.05) is 27.7 Å². The van der Waals surface area contributed by atoms with E-state index in [4.69, 9.17) is 0 Å². The molecule has 1 aliphatic heterocycles. The van der Waals surface area contributed by atoms with Crippen LogP contribution in [0.4, 0.5) is 4.79 Å². The summed E-state index contributed by atoms with van der Waals surface area (Å²) in [5.74, 6) is -0.750. The minimum Gasteiger partial charge on any atom is -0.481 e. The van der Waals surface area contributed by atoms with Crippen molar-refractivity contribution in [1.82, 2.24) is 9.80 Å². The second-order valence-corrected chi connectivity index (χ2v) is 5.65. The van der Waals surface area contributed by atoms with Gasteiger partial charge in [0.1, 0.15) is 0 Å². The molecule has 1 rings (SSSR count). The summed E-state index contributed by atoms with van der Waals surface area (Å²) in [5.41, 5.74) is -0.777. The lowest BCUT2D eigenvalue weighted by Crippen LogP contribution is -2.45. The molecule has 0 aliphatic carbocycles. The molecule has 1 N–H and O–H groups in total. The molecule has 1 unspecified atom stereocenters. The van der Waals surface area contributed by atoms with Crippen LogP contribution in [0.1, 0.15) is 40.5 Å². The number of aliphatic carboxylic acids is 1. The number of carboxylic acids is 1. The number of urea groups is 1. The fraction of sp³-hybridized carbons (Fsp3) is 0.857. The van der Waals surface area contributed by atoms with Crippen molar-refractivity contribution in [2.45, 2.75) is 40.5 Å². The number of carbonyl (C=O) groups excluding carboxylic acids is 1. The first-order chi connectivity index (χ1) is 8.89. The van der Waals surface area contributed by atoms with Crippen molar-refractivity contribution in [2.75, 3.05) is 26.2 Å². The Kier molecular flexibility index (Phi) is 5.20. The van der Waals surface area contributed by atoms with Crippen LogP contribution in [0.15, 0.2) is 0 Å². The molecule has 0 bridgehead atoms. The fourth-order valence-electron chi connectivity index (χ4n) is 2.75. The number of likely N-dealkylation sites (tertiary alicyclic amines) is 1. The third-order valence-electron chi connectivity index (χ3n) is 4.25. The predicted octanol–water partition coefficient (Wildman–Crippen LogP) is 2.27. The highest BCUT2D eigenvalue weighted by molar-refractivity contribution is 5.80. The third-order valence-corrected chi connectivity index (χ3v) is 4.25. The molecular formula is C14H26N2O3. The van der Waals surface area contributed by atoms with Crippen molar-refractivity contribution >= 4 is 12.0 Å². The van der Waals surface area contributed by atoms with Gasteiger partial charge in [0, 0.05) is 26.2 Å². The van der Waals surface area contributed by atoms with Crippen LogP contribution >= 0.6 is 0 Å². The van der Waals surface area contributed by atoms with Gasteiger partial charge in [0.25, 0.3) is 0 Å². The van der Waals surface area contributed by atoms with Crippen LogP contribution in [-0.2, 0) is 4.79 Å². The molecule has 110 valence electrons. The Morgan fingerprint density at radius 2 is 2.00 bits per heavy atom. The van der Waals surface area contributed by atoms with Crippen LogP contribution in [0.5, 0.6) is 0 Å². The van der Waals surface area contributed by atoms with E-state index in [0.29, 0.717) is 26.1 Å². The summed E-state index contributed by atoms with van der Waals surface area (Å²) < 4.78 is 0. The molecule has 2 amide bonds. The number of hydrogen-bond acceptors (Lipinski definition) is 2. The van der Waals surface area contributed by atoms with Crippen LogP contribution in [0.25, 0.3) is 0 Å². The SMILES string of the molecule is CCCN(CC)C(=O)N1CCC(C(=O)O)(C(C)C)C1. The Balaban J connectivity index is 2.79. The van der Waals surface area contributed by atoms with E-state index in [9.17, 15) is 14.7 Å². The summed E-state index contributed by atoms with van der Waals surface area (Å²) >= 11 is 0. The molecule has 1 heterocycles. The lowest BCUT2D eigenvalue weighted by Gasteiger charge is -2.31. The Bertz CT molecular complexity index is 344. The number of amides is 2. The molecule has 1 fully saturated rings. The van der Waals surface area contributed by atoms with E-state index in [2.05, 4.69) is 0 Å². The van der Waals surface area contributed by atoms with Crippen molar-refractivity contribution in [3.8, 4) is 0 Å². The monoisotopic (exact) mass is 270 g/mol. The van der Waals surface area contributed by atoms with Crippen LogP contribution in [0, 0.1) is 11.3 Å². The first kappa shape index (κ1) is 15.8. The molecule has 1 atom stereocenters. The average Bonchev–Trinajstić information content (AvgIpc) is 2.81. The van der Waals surface area contributed by atoms with E-state index in [1.165, 1.54) is 0 Å². The largest absolute Gasteiger partial charge is 0.481 e. The minimum atomic E-state index is -0.781. The highest BCUT2D eigenvalue weighted by atomic mass is 16.4. The summed E-state index contributed by atoms with van der Waals surface area (Å²) in [7, 11) is 0. The highest BCUT2D eigenvalue weighted by Crippen LogP contribution is 2.38. The average molecular weight is 270 g/mol. The van der Waals surface area contributed by atoms with Crippen molar-refractivity contribution in [3.05, 3.63) is 0 Å². The van der Waals surface area contributed by atoms with Gasteiger partial charge in [-0.25, -0.2) is 4.79 Å². The molecule has 0 saturated carbocycles. The fourth-order valence-corrected chi connectivity index (χ4v) is 2.75. The molecule has 0 aromatic carbocycles. The van der Waals surface area contributed by atoms with Crippen molar-refractivity contribution in [2.24, 2.45) is 11.3 Å². The zero-order valence-electron chi connectivity index (χ0n) is 12.5. The Morgan fingerprint density at radius 3 is 2.37 bits per heavy atom. The second-order valence-electron chi connectivity index (χ2n) is 5.65. The molecule has 1 aliphatic rings. The topological polar surface area (TPSA) is 60.9 Å². The summed E-state index contributed by atoms with van der Waals surface area (Å²) in [6.45, 7) is 10.1. The summed E-state index contributed by atoms with van der Waals surface area (Å²) in [5, 5.41) is 9.48. The van der Waals surface area contributed by atoms with Gasteiger partial charge in [-0.15, -0.1) is 0 Å². The lowest BCUT2D eigenvalue weighted by atomic mass is 9.76. The predicted molar refractivity (Wildman–Crippen MR) is 74.0 cm³/mol. The first-order valence-corrected chi connectivity index (χ1v) is 7.16. The number of nitrogens with zero attached hydrogens (tertiary/aromatic N) is 2. The van der Waals surface area contributed by atoms with E-state index in [0.717, 1.165) is 13.0 Å². The summed E-state index contributed by atoms with van der Waals surface area (Å²) in [4.78, 5) is 27.4. The van der Waals surface area contributed by atoms with Gasteiger partial charge in [-0.2, -0.15) is 0 Å². The van der Waals surface area contributed by atoms with E-state index in [-0.39, 0.29) is 11.9 Å². The molecule has 0 aromatic rings. The molecule has 0 aromatic heterocycles. The van der Waals surface area contributed by atoms with Crippen LogP contribution in [0.3, 0.4) is 0 Å². The Morgan fingerprint density at radius 1 is 1.37 bits per heavy atom. The second kappa shape index (κ2) is 6.26. The molecule has 1 saturated heterocycles. The smallest absolute Gasteiger partial charge is 0.320 e. The zero-order valence-corrected chi connectivity index (χ0v) is 12.5.